The van der Waals surface area contributed by atoms with Gasteiger partial charge in [-0.2, -0.15) is 0 Å². The molecule has 7 nitrogen and oxygen atoms in total. The molecule has 0 bridgehead atoms. The van der Waals surface area contributed by atoms with Gasteiger partial charge in [-0.25, -0.2) is 9.50 Å². The van der Waals surface area contributed by atoms with E-state index in [1.165, 1.54) is 6.42 Å². The number of nitrogens with zero attached hydrogens (tertiary/aromatic N) is 4. The van der Waals surface area contributed by atoms with Crippen LogP contribution in [-0.2, 0) is 0 Å². The van der Waals surface area contributed by atoms with E-state index in [1.54, 1.807) is 18.4 Å². The summed E-state index contributed by atoms with van der Waals surface area (Å²) in [6, 6.07) is 2.10. The lowest BCUT2D eigenvalue weighted by Gasteiger charge is -2.22. The lowest BCUT2D eigenvalue weighted by Crippen LogP contribution is -2.46. The van der Waals surface area contributed by atoms with Crippen LogP contribution in [-0.4, -0.2) is 50.8 Å². The van der Waals surface area contributed by atoms with E-state index in [9.17, 15) is 9.90 Å². The van der Waals surface area contributed by atoms with E-state index in [0.29, 0.717) is 11.6 Å². The van der Waals surface area contributed by atoms with E-state index < -0.39 is 5.54 Å². The highest BCUT2D eigenvalue weighted by Gasteiger charge is 2.24. The summed E-state index contributed by atoms with van der Waals surface area (Å²) in [6.45, 7) is 9.66. The van der Waals surface area contributed by atoms with Gasteiger partial charge in [0.1, 0.15) is 0 Å². The third-order valence-corrected chi connectivity index (χ3v) is 4.44. The van der Waals surface area contributed by atoms with Gasteiger partial charge in [0.15, 0.2) is 5.65 Å². The van der Waals surface area contributed by atoms with Crippen LogP contribution in [0.3, 0.4) is 0 Å². The van der Waals surface area contributed by atoms with Crippen molar-refractivity contribution in [3.8, 4) is 0 Å². The molecule has 7 heteroatoms. The maximum atomic E-state index is 12.3. The van der Waals surface area contributed by atoms with E-state index in [4.69, 9.17) is 0 Å². The number of aryl methyl sites for hydroxylation is 1. The van der Waals surface area contributed by atoms with E-state index in [-0.39, 0.29) is 18.3 Å². The molecule has 1 amide bonds. The third kappa shape index (κ3) is 3.21. The number of pyridine rings is 1. The minimum Gasteiger partial charge on any atom is -0.394 e. The number of aliphatic hydroxyl groups is 1. The molecule has 1 atom stereocenters. The second-order valence-electron chi connectivity index (χ2n) is 7.42. The van der Waals surface area contributed by atoms with Gasteiger partial charge in [-0.15, -0.1) is 5.10 Å². The fourth-order valence-corrected chi connectivity index (χ4v) is 2.97. The number of anilines is 1. The molecule has 2 aromatic rings. The summed E-state index contributed by atoms with van der Waals surface area (Å²) < 4.78 is 1.68. The topological polar surface area (TPSA) is 82.8 Å². The number of nitrogens with one attached hydrogen (secondary N) is 1. The van der Waals surface area contributed by atoms with E-state index in [0.717, 1.165) is 24.3 Å². The van der Waals surface area contributed by atoms with Gasteiger partial charge in [-0.1, -0.05) is 6.92 Å². The number of hydrogen-bond acceptors (Lipinski definition) is 5. The zero-order valence-corrected chi connectivity index (χ0v) is 14.7. The molecule has 1 aliphatic heterocycles. The molecule has 3 rings (SSSR count). The van der Waals surface area contributed by atoms with Crippen molar-refractivity contribution in [2.75, 3.05) is 24.6 Å². The maximum absolute atomic E-state index is 12.3. The average Bonchev–Trinajstić information content (AvgIpc) is 3.13. The first kappa shape index (κ1) is 16.7. The molecule has 1 fully saturated rings. The minimum absolute atomic E-state index is 0.117. The van der Waals surface area contributed by atoms with Crippen molar-refractivity contribution in [3.05, 3.63) is 23.7 Å². The smallest absolute Gasteiger partial charge is 0.291 e. The summed E-state index contributed by atoms with van der Waals surface area (Å²) in [5.41, 5.74) is 2.07. The zero-order chi connectivity index (χ0) is 17.5. The second kappa shape index (κ2) is 6.05. The van der Waals surface area contributed by atoms with Crippen molar-refractivity contribution >= 4 is 17.2 Å². The van der Waals surface area contributed by atoms with Crippen LogP contribution in [0.25, 0.3) is 5.65 Å². The molecule has 24 heavy (non-hydrogen) atoms. The van der Waals surface area contributed by atoms with Crippen molar-refractivity contribution in [1.82, 2.24) is 19.9 Å². The van der Waals surface area contributed by atoms with Crippen molar-refractivity contribution in [2.45, 2.75) is 39.7 Å². The molecule has 1 aliphatic rings. The van der Waals surface area contributed by atoms with Gasteiger partial charge in [0.2, 0.25) is 5.82 Å². The van der Waals surface area contributed by atoms with Gasteiger partial charge < -0.3 is 15.3 Å². The summed E-state index contributed by atoms with van der Waals surface area (Å²) in [4.78, 5) is 19.0. The number of aromatic nitrogens is 3. The second-order valence-corrected chi connectivity index (χ2v) is 7.42. The van der Waals surface area contributed by atoms with Crippen molar-refractivity contribution in [3.63, 3.8) is 0 Å². The fraction of sp³-hybridized carbons (Fsp3) is 0.588. The number of hydrogen-bond donors (Lipinski definition) is 2. The number of amides is 1. The number of fused-ring (bicyclic) bond motifs is 1. The van der Waals surface area contributed by atoms with Gasteiger partial charge >= 0.3 is 0 Å². The highest BCUT2D eigenvalue weighted by atomic mass is 16.3. The Morgan fingerprint density at radius 2 is 2.25 bits per heavy atom. The summed E-state index contributed by atoms with van der Waals surface area (Å²) in [5.74, 6) is 0.430. The molecule has 2 aromatic heterocycles. The van der Waals surface area contributed by atoms with Crippen LogP contribution in [0.5, 0.6) is 0 Å². The first-order valence-electron chi connectivity index (χ1n) is 8.34. The lowest BCUT2D eigenvalue weighted by atomic mass is 10.1. The van der Waals surface area contributed by atoms with E-state index in [2.05, 4.69) is 33.3 Å². The first-order valence-corrected chi connectivity index (χ1v) is 8.34. The summed E-state index contributed by atoms with van der Waals surface area (Å²) in [5, 5.41) is 16.4. The third-order valence-electron chi connectivity index (χ3n) is 4.44. The van der Waals surface area contributed by atoms with Crippen LogP contribution < -0.4 is 10.2 Å². The molecule has 0 aromatic carbocycles. The predicted molar refractivity (Wildman–Crippen MR) is 92.3 cm³/mol. The molecule has 0 unspecified atom stereocenters. The molecule has 3 heterocycles. The Bertz CT molecular complexity index is 768. The van der Waals surface area contributed by atoms with Crippen LogP contribution in [0, 0.1) is 12.8 Å². The van der Waals surface area contributed by atoms with Crippen LogP contribution in [0.4, 0.5) is 5.69 Å². The van der Waals surface area contributed by atoms with Crippen molar-refractivity contribution < 1.29 is 9.90 Å². The number of carbonyl (C=O) groups excluding carboxylic acids is 1. The normalized spacial score (nSPS) is 18.4. The van der Waals surface area contributed by atoms with Gasteiger partial charge in [0, 0.05) is 13.1 Å². The highest BCUT2D eigenvalue weighted by molar-refractivity contribution is 5.91. The zero-order valence-electron chi connectivity index (χ0n) is 14.7. The molecule has 2 N–H and O–H groups in total. The molecular weight excluding hydrogens is 306 g/mol. The van der Waals surface area contributed by atoms with E-state index >= 15 is 0 Å². The largest absolute Gasteiger partial charge is 0.394 e. The molecule has 0 spiro atoms. The Labute approximate surface area is 141 Å². The standard InChI is InChI=1S/C17H25N5O2/c1-11-5-6-21(8-11)13-7-12(2)15-18-14(20-22(15)9-13)16(24)19-17(3,4)10-23/h7,9,11,23H,5-6,8,10H2,1-4H3,(H,19,24)/t11-/m1/s1. The molecule has 0 aliphatic carbocycles. The summed E-state index contributed by atoms with van der Waals surface area (Å²) in [7, 11) is 0. The predicted octanol–water partition coefficient (Wildman–Crippen LogP) is 1.38. The first-order chi connectivity index (χ1) is 11.3. The highest BCUT2D eigenvalue weighted by Crippen LogP contribution is 2.25. The Kier molecular flexibility index (Phi) is 4.21. The van der Waals surface area contributed by atoms with Gasteiger partial charge in [0.25, 0.3) is 5.91 Å². The van der Waals surface area contributed by atoms with Crippen molar-refractivity contribution in [1.29, 1.82) is 0 Å². The Balaban J connectivity index is 1.90. The summed E-state index contributed by atoms with van der Waals surface area (Å²) >= 11 is 0. The van der Waals surface area contributed by atoms with Gasteiger partial charge in [-0.05, 0) is 44.7 Å². The molecule has 0 radical (unpaired) electrons. The Morgan fingerprint density at radius 3 is 2.88 bits per heavy atom. The molecule has 1 saturated heterocycles. The van der Waals surface area contributed by atoms with Gasteiger partial charge in [0.05, 0.1) is 24.0 Å². The lowest BCUT2D eigenvalue weighted by molar-refractivity contribution is 0.0859. The summed E-state index contributed by atoms with van der Waals surface area (Å²) in [6.07, 6.45) is 3.12. The minimum atomic E-state index is -0.708. The maximum Gasteiger partial charge on any atom is 0.291 e. The number of aliphatic hydroxyl groups excluding tert-OH is 1. The molecule has 0 saturated carbocycles. The van der Waals surface area contributed by atoms with Crippen molar-refractivity contribution in [2.24, 2.45) is 5.92 Å². The Morgan fingerprint density at radius 1 is 1.50 bits per heavy atom. The quantitative estimate of drug-likeness (QED) is 0.884. The fourth-order valence-electron chi connectivity index (χ4n) is 2.97. The number of rotatable bonds is 4. The molecule has 130 valence electrons. The van der Waals surface area contributed by atoms with E-state index in [1.807, 2.05) is 13.1 Å². The SMILES string of the molecule is Cc1cc(N2CC[C@@H](C)C2)cn2nc(C(=O)NC(C)(C)CO)nc12. The van der Waals surface area contributed by atoms with Crippen LogP contribution in [0.1, 0.15) is 43.4 Å². The van der Waals surface area contributed by atoms with Gasteiger partial charge in [-0.3, -0.25) is 4.79 Å². The Hall–Kier alpha value is -2.15. The van der Waals surface area contributed by atoms with Crippen LogP contribution >= 0.6 is 0 Å². The number of carbonyl (C=O) groups is 1. The molecular formula is C17H25N5O2. The average molecular weight is 331 g/mol. The van der Waals surface area contributed by atoms with Crippen LogP contribution in [0.2, 0.25) is 0 Å². The monoisotopic (exact) mass is 331 g/mol. The van der Waals surface area contributed by atoms with Crippen LogP contribution in [0.15, 0.2) is 12.3 Å².